The summed E-state index contributed by atoms with van der Waals surface area (Å²) < 4.78 is 29.9. The van der Waals surface area contributed by atoms with Crippen molar-refractivity contribution in [1.82, 2.24) is 9.62 Å². The van der Waals surface area contributed by atoms with Crippen LogP contribution in [0.1, 0.15) is 22.7 Å². The first-order valence-electron chi connectivity index (χ1n) is 10.2. The highest BCUT2D eigenvalue weighted by atomic mass is 35.5. The van der Waals surface area contributed by atoms with Crippen LogP contribution >= 0.6 is 23.4 Å². The van der Waals surface area contributed by atoms with Crippen molar-refractivity contribution in [3.05, 3.63) is 101 Å². The van der Waals surface area contributed by atoms with E-state index in [1.54, 1.807) is 25.1 Å². The van der Waals surface area contributed by atoms with Crippen molar-refractivity contribution in [3.63, 3.8) is 0 Å². The Labute approximate surface area is 203 Å². The first kappa shape index (κ1) is 23.8. The van der Waals surface area contributed by atoms with Gasteiger partial charge in [-0.05, 0) is 23.3 Å². The Hall–Kier alpha value is -2.36. The van der Waals surface area contributed by atoms with Gasteiger partial charge in [-0.3, -0.25) is 4.99 Å². The zero-order chi connectivity index (χ0) is 23.6. The van der Waals surface area contributed by atoms with Crippen molar-refractivity contribution in [2.75, 3.05) is 19.8 Å². The normalized spacial score (nSPS) is 20.0. The molecule has 0 bridgehead atoms. The van der Waals surface area contributed by atoms with Crippen LogP contribution in [-0.2, 0) is 15.7 Å². The predicted octanol–water partition coefficient (Wildman–Crippen LogP) is 4.22. The lowest BCUT2D eigenvalue weighted by Crippen LogP contribution is -2.42. The average molecular weight is 502 g/mol. The molecule has 0 spiro atoms. The first-order chi connectivity index (χ1) is 15.8. The second-order valence-corrected chi connectivity index (χ2v) is 10.7. The van der Waals surface area contributed by atoms with E-state index in [1.165, 1.54) is 23.9 Å². The van der Waals surface area contributed by atoms with Gasteiger partial charge in [-0.15, -0.1) is 0 Å². The minimum Gasteiger partial charge on any atom is -0.366 e. The van der Waals surface area contributed by atoms with Crippen LogP contribution < -0.4 is 4.72 Å². The van der Waals surface area contributed by atoms with E-state index in [0.29, 0.717) is 16.5 Å². The van der Waals surface area contributed by atoms with Crippen molar-refractivity contribution >= 4 is 38.6 Å². The molecular formula is C24H24ClN3O3S2. The highest BCUT2D eigenvalue weighted by Gasteiger charge is 2.43. The summed E-state index contributed by atoms with van der Waals surface area (Å²) in [4.78, 5) is 5.72. The van der Waals surface area contributed by atoms with Crippen LogP contribution in [-0.4, -0.2) is 43.4 Å². The maximum atomic E-state index is 13.6. The molecule has 1 saturated heterocycles. The second kappa shape index (κ2) is 9.48. The molecule has 3 aromatic rings. The number of thioether (sulfide) groups is 1. The van der Waals surface area contributed by atoms with Crippen molar-refractivity contribution in [1.29, 1.82) is 0 Å². The molecular weight excluding hydrogens is 478 g/mol. The summed E-state index contributed by atoms with van der Waals surface area (Å²) in [7, 11) is -0.672. The smallest absolute Gasteiger partial charge is 0.242 e. The number of nitrogens with one attached hydrogen (secondary N) is 1. The standard InChI is InChI=1S/C24H24ClN3O3S2/c1-26-23-28(2)24(29,16-32-23)19-13-14-20(25)21(15-19)33(30,31)27-22(17-9-5-3-6-10-17)18-11-7-4-8-12-18/h3-15,22,27,29H,16H2,1-2H3/b26-23-. The molecule has 33 heavy (non-hydrogen) atoms. The molecule has 1 unspecified atom stereocenters. The maximum Gasteiger partial charge on any atom is 0.242 e. The summed E-state index contributed by atoms with van der Waals surface area (Å²) in [6.45, 7) is 0. The molecule has 2 N–H and O–H groups in total. The van der Waals surface area contributed by atoms with Gasteiger partial charge in [-0.2, -0.15) is 4.72 Å². The van der Waals surface area contributed by atoms with Crippen molar-refractivity contribution in [2.45, 2.75) is 16.7 Å². The third-order valence-electron chi connectivity index (χ3n) is 5.66. The molecule has 0 aliphatic carbocycles. The summed E-state index contributed by atoms with van der Waals surface area (Å²) in [6, 6.07) is 22.7. The molecule has 1 atom stereocenters. The monoisotopic (exact) mass is 501 g/mol. The molecule has 0 saturated carbocycles. The van der Waals surface area contributed by atoms with E-state index < -0.39 is 21.8 Å². The Morgan fingerprint density at radius 3 is 2.15 bits per heavy atom. The number of rotatable bonds is 6. The number of hydrogen-bond donors (Lipinski definition) is 2. The molecule has 9 heteroatoms. The van der Waals surface area contributed by atoms with E-state index >= 15 is 0 Å². The number of sulfonamides is 1. The third-order valence-corrected chi connectivity index (χ3v) is 8.82. The molecule has 0 amide bonds. The SMILES string of the molecule is C/N=C1\SCC(O)(c2ccc(Cl)c(S(=O)(=O)NC(c3ccccc3)c3ccccc3)c2)N1C. The number of aliphatic hydroxyl groups is 1. The molecule has 3 aromatic carbocycles. The van der Waals surface area contributed by atoms with Gasteiger partial charge in [-0.25, -0.2) is 8.42 Å². The van der Waals surface area contributed by atoms with Gasteiger partial charge >= 0.3 is 0 Å². The van der Waals surface area contributed by atoms with Crippen LogP contribution in [0.15, 0.2) is 88.8 Å². The van der Waals surface area contributed by atoms with E-state index in [4.69, 9.17) is 11.6 Å². The fourth-order valence-electron chi connectivity index (χ4n) is 3.81. The van der Waals surface area contributed by atoms with Gasteiger partial charge < -0.3 is 10.0 Å². The van der Waals surface area contributed by atoms with Gasteiger partial charge in [0.05, 0.1) is 16.8 Å². The van der Waals surface area contributed by atoms with Crippen molar-refractivity contribution in [3.8, 4) is 0 Å². The fraction of sp³-hybridized carbons (Fsp3) is 0.208. The molecule has 0 aromatic heterocycles. The Morgan fingerprint density at radius 1 is 1.06 bits per heavy atom. The zero-order valence-corrected chi connectivity index (χ0v) is 20.5. The lowest BCUT2D eigenvalue weighted by molar-refractivity contribution is -0.0349. The Balaban J connectivity index is 1.74. The van der Waals surface area contributed by atoms with Gasteiger partial charge in [0.2, 0.25) is 10.0 Å². The first-order valence-corrected chi connectivity index (χ1v) is 13.1. The zero-order valence-electron chi connectivity index (χ0n) is 18.1. The summed E-state index contributed by atoms with van der Waals surface area (Å²) in [5.41, 5.74) is 0.631. The van der Waals surface area contributed by atoms with Gasteiger partial charge in [0.15, 0.2) is 10.9 Å². The Bertz CT molecular complexity index is 1230. The Morgan fingerprint density at radius 2 is 1.64 bits per heavy atom. The summed E-state index contributed by atoms with van der Waals surface area (Å²) in [5.74, 6) is 0.321. The lowest BCUT2D eigenvalue weighted by Gasteiger charge is -2.31. The number of benzene rings is 3. The molecule has 1 aliphatic rings. The van der Waals surface area contributed by atoms with Gasteiger partial charge in [0, 0.05) is 19.7 Å². The van der Waals surface area contributed by atoms with E-state index in [1.807, 2.05) is 60.7 Å². The number of nitrogens with zero attached hydrogens (tertiary/aromatic N) is 2. The maximum absolute atomic E-state index is 13.6. The molecule has 1 heterocycles. The minimum absolute atomic E-state index is 0.0763. The van der Waals surface area contributed by atoms with Crippen molar-refractivity contribution < 1.29 is 13.5 Å². The van der Waals surface area contributed by atoms with E-state index in [2.05, 4.69) is 9.71 Å². The Kier molecular flexibility index (Phi) is 6.83. The largest absolute Gasteiger partial charge is 0.366 e. The number of aliphatic imine (C=N–C) groups is 1. The number of hydrogen-bond acceptors (Lipinski definition) is 5. The lowest BCUT2D eigenvalue weighted by atomic mass is 10.00. The van der Waals surface area contributed by atoms with Gasteiger partial charge in [-0.1, -0.05) is 90.1 Å². The van der Waals surface area contributed by atoms with Crippen LogP contribution in [0.5, 0.6) is 0 Å². The number of halogens is 1. The topological polar surface area (TPSA) is 82.0 Å². The molecule has 0 radical (unpaired) electrons. The van der Waals surface area contributed by atoms with Crippen LogP contribution in [0.4, 0.5) is 0 Å². The van der Waals surface area contributed by atoms with Crippen molar-refractivity contribution in [2.24, 2.45) is 4.99 Å². The van der Waals surface area contributed by atoms with Crippen LogP contribution in [0.2, 0.25) is 5.02 Å². The molecule has 6 nitrogen and oxygen atoms in total. The van der Waals surface area contributed by atoms with Crippen LogP contribution in [0, 0.1) is 0 Å². The summed E-state index contributed by atoms with van der Waals surface area (Å²) >= 11 is 7.76. The fourth-order valence-corrected chi connectivity index (χ4v) is 6.71. The average Bonchev–Trinajstić information content (AvgIpc) is 3.13. The number of amidine groups is 1. The highest BCUT2D eigenvalue weighted by Crippen LogP contribution is 2.39. The minimum atomic E-state index is -4.05. The quantitative estimate of drug-likeness (QED) is 0.528. The van der Waals surface area contributed by atoms with Gasteiger partial charge in [0.1, 0.15) is 4.90 Å². The van der Waals surface area contributed by atoms with Gasteiger partial charge in [0.25, 0.3) is 0 Å². The van der Waals surface area contributed by atoms with E-state index in [9.17, 15) is 13.5 Å². The molecule has 1 aliphatic heterocycles. The second-order valence-electron chi connectivity index (χ2n) is 7.69. The molecule has 1 fully saturated rings. The summed E-state index contributed by atoms with van der Waals surface area (Å²) in [5, 5.41) is 12.1. The van der Waals surface area contributed by atoms with Crippen LogP contribution in [0.25, 0.3) is 0 Å². The predicted molar refractivity (Wildman–Crippen MR) is 134 cm³/mol. The third kappa shape index (κ3) is 4.67. The van der Waals surface area contributed by atoms with Crippen LogP contribution in [0.3, 0.4) is 0 Å². The van der Waals surface area contributed by atoms with E-state index in [-0.39, 0.29) is 9.92 Å². The highest BCUT2D eigenvalue weighted by molar-refractivity contribution is 8.14. The summed E-state index contributed by atoms with van der Waals surface area (Å²) in [6.07, 6.45) is 0. The molecule has 172 valence electrons. The van der Waals surface area contributed by atoms with E-state index in [0.717, 1.165) is 11.1 Å². The molecule has 4 rings (SSSR count).